The maximum Gasteiger partial charge on any atom is 0.0476 e. The van der Waals surface area contributed by atoms with Crippen molar-refractivity contribution in [1.82, 2.24) is 5.32 Å². The van der Waals surface area contributed by atoms with Crippen LogP contribution in [-0.2, 0) is 4.74 Å². The van der Waals surface area contributed by atoms with E-state index in [1.165, 1.54) is 32.1 Å². The lowest BCUT2D eigenvalue weighted by Gasteiger charge is -2.30. The molecule has 16 heavy (non-hydrogen) atoms. The molecule has 0 aliphatic carbocycles. The van der Waals surface area contributed by atoms with Crippen LogP contribution in [0.15, 0.2) is 0 Å². The molecule has 1 fully saturated rings. The third kappa shape index (κ3) is 4.64. The first-order valence-electron chi connectivity index (χ1n) is 6.72. The zero-order valence-electron chi connectivity index (χ0n) is 11.0. The van der Waals surface area contributed by atoms with E-state index in [4.69, 9.17) is 4.74 Å². The number of hydrogen-bond donors (Lipinski definition) is 1. The van der Waals surface area contributed by atoms with Gasteiger partial charge >= 0.3 is 0 Å². The van der Waals surface area contributed by atoms with Gasteiger partial charge in [-0.05, 0) is 32.7 Å². The standard InChI is InChI=1S/C13H27NOS/c1-4-6-12(14-3)13(5-2)16-11-7-9-15-10-8-11/h11-14H,4-10H2,1-3H3. The summed E-state index contributed by atoms with van der Waals surface area (Å²) in [6, 6.07) is 0.683. The van der Waals surface area contributed by atoms with Gasteiger partial charge in [-0.3, -0.25) is 0 Å². The van der Waals surface area contributed by atoms with Crippen molar-refractivity contribution in [2.45, 2.75) is 62.5 Å². The van der Waals surface area contributed by atoms with Gasteiger partial charge in [0.2, 0.25) is 0 Å². The first-order valence-corrected chi connectivity index (χ1v) is 7.66. The molecule has 2 nitrogen and oxygen atoms in total. The first-order chi connectivity index (χ1) is 7.81. The highest BCUT2D eigenvalue weighted by atomic mass is 32.2. The summed E-state index contributed by atoms with van der Waals surface area (Å²) >= 11 is 2.20. The average molecular weight is 245 g/mol. The second-order valence-corrected chi connectivity index (χ2v) is 6.12. The summed E-state index contributed by atoms with van der Waals surface area (Å²) in [6.45, 7) is 6.52. The van der Waals surface area contributed by atoms with E-state index in [2.05, 4.69) is 38.0 Å². The van der Waals surface area contributed by atoms with E-state index < -0.39 is 0 Å². The van der Waals surface area contributed by atoms with Gasteiger partial charge in [-0.1, -0.05) is 20.3 Å². The molecule has 1 aliphatic heterocycles. The Bertz CT molecular complexity index is 171. The maximum atomic E-state index is 5.42. The number of rotatable bonds is 7. The molecule has 1 N–H and O–H groups in total. The number of hydrogen-bond acceptors (Lipinski definition) is 3. The lowest BCUT2D eigenvalue weighted by Crippen LogP contribution is -2.37. The molecule has 1 aliphatic rings. The highest BCUT2D eigenvalue weighted by Crippen LogP contribution is 2.30. The molecule has 3 heteroatoms. The Balaban J connectivity index is 2.38. The van der Waals surface area contributed by atoms with Crippen LogP contribution in [-0.4, -0.2) is 36.8 Å². The fraction of sp³-hybridized carbons (Fsp3) is 1.00. The van der Waals surface area contributed by atoms with Crippen LogP contribution in [0.2, 0.25) is 0 Å². The molecule has 0 aromatic rings. The molecule has 0 bridgehead atoms. The Kier molecular flexibility index (Phi) is 7.50. The van der Waals surface area contributed by atoms with Gasteiger partial charge in [-0.15, -0.1) is 0 Å². The van der Waals surface area contributed by atoms with Gasteiger partial charge in [0.15, 0.2) is 0 Å². The van der Waals surface area contributed by atoms with E-state index >= 15 is 0 Å². The Morgan fingerprint density at radius 3 is 2.50 bits per heavy atom. The van der Waals surface area contributed by atoms with Gasteiger partial charge in [0.25, 0.3) is 0 Å². The third-order valence-electron chi connectivity index (χ3n) is 3.36. The summed E-state index contributed by atoms with van der Waals surface area (Å²) in [7, 11) is 2.10. The summed E-state index contributed by atoms with van der Waals surface area (Å²) in [6.07, 6.45) is 6.32. The monoisotopic (exact) mass is 245 g/mol. The van der Waals surface area contributed by atoms with E-state index in [1.54, 1.807) is 0 Å². The summed E-state index contributed by atoms with van der Waals surface area (Å²) in [4.78, 5) is 0. The predicted octanol–water partition coefficient (Wildman–Crippen LogP) is 3.07. The van der Waals surface area contributed by atoms with Crippen molar-refractivity contribution in [3.63, 3.8) is 0 Å². The molecule has 0 amide bonds. The predicted molar refractivity (Wildman–Crippen MR) is 73.3 cm³/mol. The normalized spacial score (nSPS) is 21.9. The molecular formula is C13H27NOS. The highest BCUT2D eigenvalue weighted by molar-refractivity contribution is 8.00. The SMILES string of the molecule is CCCC(NC)C(CC)SC1CCOCC1. The second kappa shape index (κ2) is 8.37. The Morgan fingerprint density at radius 2 is 2.00 bits per heavy atom. The van der Waals surface area contributed by atoms with E-state index in [9.17, 15) is 0 Å². The zero-order chi connectivity index (χ0) is 11.8. The maximum absolute atomic E-state index is 5.42. The minimum absolute atomic E-state index is 0.683. The van der Waals surface area contributed by atoms with Crippen molar-refractivity contribution in [2.24, 2.45) is 0 Å². The van der Waals surface area contributed by atoms with Gasteiger partial charge in [-0.25, -0.2) is 0 Å². The van der Waals surface area contributed by atoms with Crippen molar-refractivity contribution >= 4 is 11.8 Å². The minimum atomic E-state index is 0.683. The van der Waals surface area contributed by atoms with Crippen LogP contribution >= 0.6 is 11.8 Å². The number of thioether (sulfide) groups is 1. The van der Waals surface area contributed by atoms with Gasteiger partial charge in [-0.2, -0.15) is 11.8 Å². The van der Waals surface area contributed by atoms with E-state index in [0.717, 1.165) is 23.7 Å². The van der Waals surface area contributed by atoms with E-state index in [1.807, 2.05) is 0 Å². The summed E-state index contributed by atoms with van der Waals surface area (Å²) < 4.78 is 5.42. The summed E-state index contributed by atoms with van der Waals surface area (Å²) in [5.74, 6) is 0. The van der Waals surface area contributed by atoms with Crippen LogP contribution in [0.25, 0.3) is 0 Å². The topological polar surface area (TPSA) is 21.3 Å². The first kappa shape index (κ1) is 14.3. The van der Waals surface area contributed by atoms with Crippen LogP contribution in [0.5, 0.6) is 0 Å². The zero-order valence-corrected chi connectivity index (χ0v) is 11.8. The second-order valence-electron chi connectivity index (χ2n) is 4.58. The van der Waals surface area contributed by atoms with Crippen LogP contribution in [0.3, 0.4) is 0 Å². The van der Waals surface area contributed by atoms with Crippen molar-refractivity contribution in [3.8, 4) is 0 Å². The summed E-state index contributed by atoms with van der Waals surface area (Å²) in [5, 5.41) is 5.09. The molecule has 1 saturated heterocycles. The van der Waals surface area contributed by atoms with Crippen molar-refractivity contribution in [3.05, 3.63) is 0 Å². The molecule has 1 rings (SSSR count). The van der Waals surface area contributed by atoms with Crippen LogP contribution < -0.4 is 5.32 Å². The van der Waals surface area contributed by atoms with Gasteiger partial charge < -0.3 is 10.1 Å². The molecule has 0 aromatic carbocycles. The van der Waals surface area contributed by atoms with Crippen molar-refractivity contribution < 1.29 is 4.74 Å². The minimum Gasteiger partial charge on any atom is -0.381 e. The van der Waals surface area contributed by atoms with Crippen molar-refractivity contribution in [2.75, 3.05) is 20.3 Å². The molecular weight excluding hydrogens is 218 g/mol. The van der Waals surface area contributed by atoms with Gasteiger partial charge in [0.05, 0.1) is 0 Å². The molecule has 0 radical (unpaired) electrons. The molecule has 0 aromatic heterocycles. The van der Waals surface area contributed by atoms with E-state index in [-0.39, 0.29) is 0 Å². The fourth-order valence-electron chi connectivity index (χ4n) is 2.36. The Morgan fingerprint density at radius 1 is 1.31 bits per heavy atom. The van der Waals surface area contributed by atoms with Crippen LogP contribution in [0.4, 0.5) is 0 Å². The summed E-state index contributed by atoms with van der Waals surface area (Å²) in [5.41, 5.74) is 0. The quantitative estimate of drug-likeness (QED) is 0.745. The van der Waals surface area contributed by atoms with Gasteiger partial charge in [0.1, 0.15) is 0 Å². The van der Waals surface area contributed by atoms with Gasteiger partial charge in [0, 0.05) is 29.8 Å². The molecule has 2 atom stereocenters. The number of ether oxygens (including phenoxy) is 1. The largest absolute Gasteiger partial charge is 0.381 e. The van der Waals surface area contributed by atoms with Crippen LogP contribution in [0.1, 0.15) is 46.0 Å². The Labute approximate surface area is 105 Å². The molecule has 96 valence electrons. The molecule has 0 spiro atoms. The lowest BCUT2D eigenvalue weighted by atomic mass is 10.1. The highest BCUT2D eigenvalue weighted by Gasteiger charge is 2.23. The molecule has 0 saturated carbocycles. The molecule has 2 unspecified atom stereocenters. The fourth-order valence-corrected chi connectivity index (χ4v) is 3.98. The smallest absolute Gasteiger partial charge is 0.0476 e. The van der Waals surface area contributed by atoms with Crippen LogP contribution in [0, 0.1) is 0 Å². The Hall–Kier alpha value is 0.270. The third-order valence-corrected chi connectivity index (χ3v) is 5.22. The van der Waals surface area contributed by atoms with Crippen molar-refractivity contribution in [1.29, 1.82) is 0 Å². The van der Waals surface area contributed by atoms with E-state index in [0.29, 0.717) is 6.04 Å². The average Bonchev–Trinajstić information content (AvgIpc) is 2.35. The lowest BCUT2D eigenvalue weighted by molar-refractivity contribution is 0.0998. The molecule has 1 heterocycles. The number of nitrogens with one attached hydrogen (secondary N) is 1.